The molecule has 0 saturated carbocycles. The van der Waals surface area contributed by atoms with E-state index in [1.54, 1.807) is 24.3 Å². The number of nitrogens with zero attached hydrogens (tertiary/aromatic N) is 2. The summed E-state index contributed by atoms with van der Waals surface area (Å²) >= 11 is 2.23. The molecule has 7 heteroatoms. The first-order valence-electron chi connectivity index (χ1n) is 7.64. The predicted molar refractivity (Wildman–Crippen MR) is 107 cm³/mol. The Hall–Kier alpha value is -2.81. The SMILES string of the molecule is Cc1cc(C2=N/C(=C\C=C\c3cccc([N+](=O)[O-])c3)C(=O)O2)ccc1I. The summed E-state index contributed by atoms with van der Waals surface area (Å²) < 4.78 is 6.34. The highest BCUT2D eigenvalue weighted by atomic mass is 127. The van der Waals surface area contributed by atoms with Crippen LogP contribution in [0.5, 0.6) is 0 Å². The zero-order valence-corrected chi connectivity index (χ0v) is 15.8. The highest BCUT2D eigenvalue weighted by Gasteiger charge is 2.23. The normalized spacial score (nSPS) is 15.4. The van der Waals surface area contributed by atoms with E-state index >= 15 is 0 Å². The van der Waals surface area contributed by atoms with Crippen LogP contribution >= 0.6 is 22.6 Å². The van der Waals surface area contributed by atoms with Crippen LogP contribution in [-0.2, 0) is 9.53 Å². The van der Waals surface area contributed by atoms with Crippen molar-refractivity contribution < 1.29 is 14.5 Å². The van der Waals surface area contributed by atoms with Crippen molar-refractivity contribution in [3.05, 3.63) is 90.7 Å². The Labute approximate surface area is 163 Å². The molecular weight excluding hydrogens is 447 g/mol. The molecule has 0 unspecified atom stereocenters. The van der Waals surface area contributed by atoms with Crippen molar-refractivity contribution in [2.24, 2.45) is 4.99 Å². The lowest BCUT2D eigenvalue weighted by Gasteiger charge is -2.02. The maximum Gasteiger partial charge on any atom is 0.363 e. The molecule has 3 rings (SSSR count). The van der Waals surface area contributed by atoms with Gasteiger partial charge in [-0.25, -0.2) is 9.79 Å². The number of carbonyl (C=O) groups is 1. The minimum absolute atomic E-state index is 0.00876. The van der Waals surface area contributed by atoms with E-state index < -0.39 is 10.9 Å². The van der Waals surface area contributed by atoms with Gasteiger partial charge in [0, 0.05) is 21.3 Å². The lowest BCUT2D eigenvalue weighted by atomic mass is 10.1. The minimum Gasteiger partial charge on any atom is -0.402 e. The van der Waals surface area contributed by atoms with Crippen molar-refractivity contribution in [3.63, 3.8) is 0 Å². The standard InChI is InChI=1S/C19H13IN2O4/c1-12-10-14(8-9-16(12)20)18-21-17(19(23)26-18)7-3-5-13-4-2-6-15(11-13)22(24)25/h2-11H,1H3/b5-3+,17-7-. The molecule has 0 N–H and O–H groups in total. The topological polar surface area (TPSA) is 81.8 Å². The van der Waals surface area contributed by atoms with Crippen LogP contribution in [0.1, 0.15) is 16.7 Å². The summed E-state index contributed by atoms with van der Waals surface area (Å²) in [6.45, 7) is 1.97. The Morgan fingerprint density at radius 3 is 2.77 bits per heavy atom. The van der Waals surface area contributed by atoms with Gasteiger partial charge in [0.25, 0.3) is 5.69 Å². The lowest BCUT2D eigenvalue weighted by molar-refractivity contribution is -0.384. The molecule has 0 atom stereocenters. The van der Waals surface area contributed by atoms with Crippen molar-refractivity contribution in [2.45, 2.75) is 6.92 Å². The van der Waals surface area contributed by atoms with E-state index in [1.807, 2.05) is 25.1 Å². The molecule has 0 aliphatic carbocycles. The maximum absolute atomic E-state index is 12.0. The molecule has 130 valence electrons. The molecule has 6 nitrogen and oxygen atoms in total. The van der Waals surface area contributed by atoms with Gasteiger partial charge in [0.2, 0.25) is 5.90 Å². The van der Waals surface area contributed by atoms with Crippen LogP contribution in [0.2, 0.25) is 0 Å². The Morgan fingerprint density at radius 2 is 2.04 bits per heavy atom. The van der Waals surface area contributed by atoms with Gasteiger partial charge in [-0.2, -0.15) is 0 Å². The predicted octanol–water partition coefficient (Wildman–Crippen LogP) is 4.41. The average molecular weight is 460 g/mol. The second kappa shape index (κ2) is 7.61. The van der Waals surface area contributed by atoms with Gasteiger partial charge in [0.1, 0.15) is 0 Å². The minimum atomic E-state index is -0.528. The number of benzene rings is 2. The number of ether oxygens (including phenoxy) is 1. The number of allylic oxidation sites excluding steroid dienone is 2. The zero-order chi connectivity index (χ0) is 18.7. The summed E-state index contributed by atoms with van der Waals surface area (Å²) in [4.78, 5) is 26.5. The van der Waals surface area contributed by atoms with Crippen molar-refractivity contribution in [1.82, 2.24) is 0 Å². The first-order chi connectivity index (χ1) is 12.4. The number of cyclic esters (lactones) is 1. The molecule has 2 aromatic rings. The van der Waals surface area contributed by atoms with Gasteiger partial charge < -0.3 is 4.74 Å². The van der Waals surface area contributed by atoms with Gasteiger partial charge in [0.05, 0.1) is 4.92 Å². The van der Waals surface area contributed by atoms with Crippen LogP contribution in [-0.4, -0.2) is 16.8 Å². The summed E-state index contributed by atoms with van der Waals surface area (Å²) in [6.07, 6.45) is 4.80. The van der Waals surface area contributed by atoms with Crippen molar-refractivity contribution in [3.8, 4) is 0 Å². The van der Waals surface area contributed by atoms with E-state index in [2.05, 4.69) is 27.6 Å². The zero-order valence-electron chi connectivity index (χ0n) is 13.7. The molecule has 1 heterocycles. The number of carbonyl (C=O) groups excluding carboxylic acids is 1. The molecule has 0 saturated heterocycles. The van der Waals surface area contributed by atoms with Gasteiger partial charge in [-0.1, -0.05) is 24.3 Å². The van der Waals surface area contributed by atoms with E-state index in [1.165, 1.54) is 18.2 Å². The van der Waals surface area contributed by atoms with Crippen LogP contribution in [0.3, 0.4) is 0 Å². The van der Waals surface area contributed by atoms with Crippen LogP contribution < -0.4 is 0 Å². The highest BCUT2D eigenvalue weighted by Crippen LogP contribution is 2.20. The number of hydrogen-bond donors (Lipinski definition) is 0. The van der Waals surface area contributed by atoms with E-state index in [0.717, 1.165) is 14.7 Å². The van der Waals surface area contributed by atoms with Crippen molar-refractivity contribution in [2.75, 3.05) is 0 Å². The highest BCUT2D eigenvalue weighted by molar-refractivity contribution is 14.1. The number of esters is 1. The number of hydrogen-bond acceptors (Lipinski definition) is 5. The quantitative estimate of drug-likeness (QED) is 0.223. The number of aryl methyl sites for hydroxylation is 1. The van der Waals surface area contributed by atoms with Gasteiger partial charge in [-0.05, 0) is 64.9 Å². The number of aliphatic imine (C=N–C) groups is 1. The lowest BCUT2D eigenvalue weighted by Crippen LogP contribution is -2.05. The van der Waals surface area contributed by atoms with E-state index in [9.17, 15) is 14.9 Å². The number of rotatable bonds is 4. The first-order valence-corrected chi connectivity index (χ1v) is 8.72. The summed E-state index contributed by atoms with van der Waals surface area (Å²) in [5, 5.41) is 10.8. The second-order valence-corrected chi connectivity index (χ2v) is 6.70. The van der Waals surface area contributed by atoms with Crippen molar-refractivity contribution in [1.29, 1.82) is 0 Å². The van der Waals surface area contributed by atoms with Gasteiger partial charge in [0.15, 0.2) is 5.70 Å². The fraction of sp³-hybridized carbons (Fsp3) is 0.0526. The Morgan fingerprint density at radius 1 is 1.23 bits per heavy atom. The molecular formula is C19H13IN2O4. The van der Waals surface area contributed by atoms with Crippen LogP contribution in [0.15, 0.2) is 65.3 Å². The molecule has 1 aliphatic heterocycles. The van der Waals surface area contributed by atoms with E-state index in [0.29, 0.717) is 5.56 Å². The summed E-state index contributed by atoms with van der Waals surface area (Å²) in [6, 6.07) is 11.9. The third-order valence-corrected chi connectivity index (χ3v) is 4.86. The molecule has 0 radical (unpaired) electrons. The van der Waals surface area contributed by atoms with Gasteiger partial charge in [-0.15, -0.1) is 0 Å². The van der Waals surface area contributed by atoms with Crippen LogP contribution in [0, 0.1) is 20.6 Å². The average Bonchev–Trinajstić information content (AvgIpc) is 2.98. The monoisotopic (exact) mass is 460 g/mol. The first kappa shape index (κ1) is 18.0. The Balaban J connectivity index is 1.81. The number of nitro groups is 1. The fourth-order valence-electron chi connectivity index (χ4n) is 2.32. The number of non-ortho nitro benzene ring substituents is 1. The van der Waals surface area contributed by atoms with Gasteiger partial charge in [-0.3, -0.25) is 10.1 Å². The third kappa shape index (κ3) is 4.05. The molecule has 0 fully saturated rings. The van der Waals surface area contributed by atoms with E-state index in [4.69, 9.17) is 4.74 Å². The fourth-order valence-corrected chi connectivity index (χ4v) is 2.65. The summed E-state index contributed by atoms with van der Waals surface area (Å²) in [5.74, 6) is -0.260. The van der Waals surface area contributed by atoms with Crippen molar-refractivity contribution >= 4 is 46.2 Å². The molecule has 0 bridgehead atoms. The molecule has 0 amide bonds. The summed E-state index contributed by atoms with van der Waals surface area (Å²) in [5.41, 5.74) is 2.65. The second-order valence-electron chi connectivity index (χ2n) is 5.53. The summed E-state index contributed by atoms with van der Waals surface area (Å²) in [7, 11) is 0. The maximum atomic E-state index is 12.0. The molecule has 26 heavy (non-hydrogen) atoms. The molecule has 0 aromatic heterocycles. The largest absolute Gasteiger partial charge is 0.402 e. The van der Waals surface area contributed by atoms with Crippen LogP contribution in [0.25, 0.3) is 6.08 Å². The Bertz CT molecular complexity index is 993. The number of halogens is 1. The number of nitro benzene ring substituents is 1. The molecule has 0 spiro atoms. The van der Waals surface area contributed by atoms with Crippen LogP contribution in [0.4, 0.5) is 5.69 Å². The Kier molecular flexibility index (Phi) is 5.27. The molecule has 1 aliphatic rings. The smallest absolute Gasteiger partial charge is 0.363 e. The van der Waals surface area contributed by atoms with Gasteiger partial charge >= 0.3 is 5.97 Å². The van der Waals surface area contributed by atoms with E-state index in [-0.39, 0.29) is 17.3 Å². The third-order valence-electron chi connectivity index (χ3n) is 3.65. The molecule has 2 aromatic carbocycles.